The fraction of sp³-hybridized carbons (Fsp3) is 0.389. The zero-order valence-corrected chi connectivity index (χ0v) is 14.8. The Morgan fingerprint density at radius 3 is 2.52 bits per heavy atom. The molecule has 25 heavy (non-hydrogen) atoms. The molecule has 134 valence electrons. The predicted molar refractivity (Wildman–Crippen MR) is 95.0 cm³/mol. The van der Waals surface area contributed by atoms with Crippen LogP contribution in [0.4, 0.5) is 4.39 Å². The summed E-state index contributed by atoms with van der Waals surface area (Å²) < 4.78 is 39.8. The van der Waals surface area contributed by atoms with Gasteiger partial charge in [-0.05, 0) is 29.8 Å². The molecule has 0 atom stereocenters. The molecule has 3 rings (SSSR count). The van der Waals surface area contributed by atoms with Crippen molar-refractivity contribution in [2.45, 2.75) is 12.2 Å². The molecule has 0 radical (unpaired) electrons. The minimum absolute atomic E-state index is 0.154. The van der Waals surface area contributed by atoms with Crippen molar-refractivity contribution >= 4 is 10.0 Å². The number of aromatic nitrogens is 1. The maximum absolute atomic E-state index is 13.2. The van der Waals surface area contributed by atoms with Crippen molar-refractivity contribution in [2.75, 3.05) is 32.7 Å². The number of benzene rings is 1. The van der Waals surface area contributed by atoms with Gasteiger partial charge in [0.15, 0.2) is 0 Å². The normalized spacial score (nSPS) is 16.8. The van der Waals surface area contributed by atoms with E-state index >= 15 is 0 Å². The number of rotatable bonds is 6. The Morgan fingerprint density at radius 2 is 1.84 bits per heavy atom. The maximum Gasteiger partial charge on any atom is 0.218 e. The van der Waals surface area contributed by atoms with Crippen LogP contribution in [-0.4, -0.2) is 55.3 Å². The second-order valence-corrected chi connectivity index (χ2v) is 8.17. The minimum Gasteiger partial charge on any atom is -0.300 e. The number of nitrogens with zero attached hydrogens (tertiary/aromatic N) is 3. The third kappa shape index (κ3) is 5.07. The van der Waals surface area contributed by atoms with Gasteiger partial charge in [-0.2, -0.15) is 4.31 Å². The lowest BCUT2D eigenvalue weighted by Crippen LogP contribution is -2.49. The summed E-state index contributed by atoms with van der Waals surface area (Å²) in [7, 11) is -3.42. The number of sulfonamides is 1. The molecule has 0 aliphatic carbocycles. The lowest BCUT2D eigenvalue weighted by atomic mass is 10.2. The molecule has 0 spiro atoms. The second kappa shape index (κ2) is 8.03. The van der Waals surface area contributed by atoms with Crippen LogP contribution in [0.2, 0.25) is 0 Å². The molecular weight excluding hydrogens is 341 g/mol. The van der Waals surface area contributed by atoms with Crippen molar-refractivity contribution in [2.24, 2.45) is 0 Å². The molecule has 0 unspecified atom stereocenters. The standard InChI is InChI=1S/C18H22FN3O2S/c19-17-5-3-4-16(14-17)15-25(23,24)22-12-10-21(11-13-22)9-7-18-6-1-2-8-20-18/h1-6,8,14H,7,9-13,15H2. The molecule has 0 bridgehead atoms. The molecule has 7 heteroatoms. The molecule has 1 aromatic heterocycles. The quantitative estimate of drug-likeness (QED) is 0.787. The zero-order valence-electron chi connectivity index (χ0n) is 14.0. The summed E-state index contributed by atoms with van der Waals surface area (Å²) in [5.74, 6) is -0.564. The summed E-state index contributed by atoms with van der Waals surface area (Å²) >= 11 is 0. The number of hydrogen-bond donors (Lipinski definition) is 0. The van der Waals surface area contributed by atoms with E-state index in [2.05, 4.69) is 9.88 Å². The van der Waals surface area contributed by atoms with E-state index in [1.54, 1.807) is 12.3 Å². The van der Waals surface area contributed by atoms with E-state index in [4.69, 9.17) is 0 Å². The van der Waals surface area contributed by atoms with Crippen molar-refractivity contribution in [1.82, 2.24) is 14.2 Å². The van der Waals surface area contributed by atoms with Crippen molar-refractivity contribution in [3.05, 3.63) is 65.7 Å². The van der Waals surface area contributed by atoms with E-state index in [1.807, 2.05) is 18.2 Å². The van der Waals surface area contributed by atoms with E-state index in [9.17, 15) is 12.8 Å². The summed E-state index contributed by atoms with van der Waals surface area (Å²) in [4.78, 5) is 6.56. The smallest absolute Gasteiger partial charge is 0.218 e. The lowest BCUT2D eigenvalue weighted by molar-refractivity contribution is 0.189. The minimum atomic E-state index is -3.42. The predicted octanol–water partition coefficient (Wildman–Crippen LogP) is 1.91. The van der Waals surface area contributed by atoms with Gasteiger partial charge in [0.05, 0.1) is 5.75 Å². The van der Waals surface area contributed by atoms with Crippen LogP contribution in [0.3, 0.4) is 0 Å². The Labute approximate surface area is 148 Å². The highest BCUT2D eigenvalue weighted by molar-refractivity contribution is 7.88. The lowest BCUT2D eigenvalue weighted by Gasteiger charge is -2.34. The van der Waals surface area contributed by atoms with Crippen LogP contribution in [0.1, 0.15) is 11.3 Å². The first-order valence-corrected chi connectivity index (χ1v) is 9.98. The first-order valence-electron chi connectivity index (χ1n) is 8.37. The van der Waals surface area contributed by atoms with Gasteiger partial charge in [-0.1, -0.05) is 18.2 Å². The largest absolute Gasteiger partial charge is 0.300 e. The van der Waals surface area contributed by atoms with Crippen LogP contribution in [0.5, 0.6) is 0 Å². The Bertz CT molecular complexity index is 791. The van der Waals surface area contributed by atoms with E-state index in [0.29, 0.717) is 31.7 Å². The van der Waals surface area contributed by atoms with Gasteiger partial charge >= 0.3 is 0 Å². The van der Waals surface area contributed by atoms with E-state index in [1.165, 1.54) is 22.5 Å². The van der Waals surface area contributed by atoms with E-state index in [-0.39, 0.29) is 5.75 Å². The van der Waals surface area contributed by atoms with Crippen LogP contribution in [0.25, 0.3) is 0 Å². The Balaban J connectivity index is 1.51. The van der Waals surface area contributed by atoms with Gasteiger partial charge in [-0.15, -0.1) is 0 Å². The average Bonchev–Trinajstić information content (AvgIpc) is 2.61. The number of halogens is 1. The summed E-state index contributed by atoms with van der Waals surface area (Å²) in [5, 5.41) is 0. The van der Waals surface area contributed by atoms with Crippen molar-refractivity contribution in [3.8, 4) is 0 Å². The molecule has 1 saturated heterocycles. The van der Waals surface area contributed by atoms with E-state index < -0.39 is 15.8 Å². The topological polar surface area (TPSA) is 53.5 Å². The van der Waals surface area contributed by atoms with Crippen LogP contribution >= 0.6 is 0 Å². The summed E-state index contributed by atoms with van der Waals surface area (Å²) in [6, 6.07) is 11.6. The highest BCUT2D eigenvalue weighted by atomic mass is 32.2. The first kappa shape index (κ1) is 18.0. The molecular formula is C18H22FN3O2S. The maximum atomic E-state index is 13.2. The molecule has 2 aromatic rings. The molecule has 1 aromatic carbocycles. The second-order valence-electron chi connectivity index (χ2n) is 6.20. The number of pyridine rings is 1. The van der Waals surface area contributed by atoms with Gasteiger partial charge in [0, 0.05) is 51.0 Å². The molecule has 0 amide bonds. The molecule has 1 aliphatic heterocycles. The summed E-state index contributed by atoms with van der Waals surface area (Å²) in [6.45, 7) is 3.22. The van der Waals surface area contributed by atoms with E-state index in [0.717, 1.165) is 18.7 Å². The summed E-state index contributed by atoms with van der Waals surface area (Å²) in [6.07, 6.45) is 2.64. The van der Waals surface area contributed by atoms with Gasteiger partial charge < -0.3 is 4.90 Å². The first-order chi connectivity index (χ1) is 12.0. The van der Waals surface area contributed by atoms with Gasteiger partial charge in [-0.3, -0.25) is 4.98 Å². The zero-order chi connectivity index (χ0) is 17.7. The molecule has 1 aliphatic rings. The molecule has 0 N–H and O–H groups in total. The van der Waals surface area contributed by atoms with Gasteiger partial charge in [0.25, 0.3) is 0 Å². The van der Waals surface area contributed by atoms with Gasteiger partial charge in [0.2, 0.25) is 10.0 Å². The van der Waals surface area contributed by atoms with Crippen LogP contribution in [0.15, 0.2) is 48.7 Å². The molecule has 2 heterocycles. The third-order valence-corrected chi connectivity index (χ3v) is 6.22. The van der Waals surface area contributed by atoms with Crippen LogP contribution in [0, 0.1) is 5.82 Å². The van der Waals surface area contributed by atoms with Crippen molar-refractivity contribution < 1.29 is 12.8 Å². The van der Waals surface area contributed by atoms with Crippen molar-refractivity contribution in [3.63, 3.8) is 0 Å². The number of hydrogen-bond acceptors (Lipinski definition) is 4. The Hall–Kier alpha value is -1.83. The monoisotopic (exact) mass is 363 g/mol. The summed E-state index contributed by atoms with van der Waals surface area (Å²) in [5.41, 5.74) is 1.53. The van der Waals surface area contributed by atoms with Crippen LogP contribution in [-0.2, 0) is 22.2 Å². The molecule has 0 saturated carbocycles. The molecule has 5 nitrogen and oxygen atoms in total. The van der Waals surface area contributed by atoms with Crippen LogP contribution < -0.4 is 0 Å². The highest BCUT2D eigenvalue weighted by Crippen LogP contribution is 2.15. The molecule has 1 fully saturated rings. The number of piperazine rings is 1. The third-order valence-electron chi connectivity index (χ3n) is 4.37. The fourth-order valence-corrected chi connectivity index (χ4v) is 4.48. The van der Waals surface area contributed by atoms with Gasteiger partial charge in [0.1, 0.15) is 5.82 Å². The van der Waals surface area contributed by atoms with Crippen molar-refractivity contribution in [1.29, 1.82) is 0 Å². The average molecular weight is 363 g/mol. The Kier molecular flexibility index (Phi) is 5.78. The van der Waals surface area contributed by atoms with Gasteiger partial charge in [-0.25, -0.2) is 12.8 Å². The highest BCUT2D eigenvalue weighted by Gasteiger charge is 2.27. The SMILES string of the molecule is O=S(=O)(Cc1cccc(F)c1)N1CCN(CCc2ccccn2)CC1. The fourth-order valence-electron chi connectivity index (χ4n) is 2.98. The Morgan fingerprint density at radius 1 is 1.04 bits per heavy atom.